The van der Waals surface area contributed by atoms with E-state index in [0.29, 0.717) is 23.7 Å². The SMILES string of the molecule is CCOC(=O)c1cc(NCCO)ccc1Cl. The second-order valence-electron chi connectivity index (χ2n) is 3.07. The van der Waals surface area contributed by atoms with Crippen molar-refractivity contribution in [3.63, 3.8) is 0 Å². The lowest BCUT2D eigenvalue weighted by atomic mass is 10.2. The highest BCUT2D eigenvalue weighted by molar-refractivity contribution is 6.33. The average Bonchev–Trinajstić information content (AvgIpc) is 2.28. The van der Waals surface area contributed by atoms with Crippen molar-refractivity contribution < 1.29 is 14.6 Å². The molecule has 0 aliphatic rings. The number of benzene rings is 1. The summed E-state index contributed by atoms with van der Waals surface area (Å²) in [5.41, 5.74) is 1.05. The Balaban J connectivity index is 2.85. The summed E-state index contributed by atoms with van der Waals surface area (Å²) in [6, 6.07) is 4.96. The van der Waals surface area contributed by atoms with Gasteiger partial charge in [0.05, 0.1) is 23.8 Å². The van der Waals surface area contributed by atoms with Gasteiger partial charge in [0.1, 0.15) is 0 Å². The molecule has 1 rings (SSSR count). The lowest BCUT2D eigenvalue weighted by Crippen LogP contribution is -2.08. The van der Waals surface area contributed by atoms with Crippen LogP contribution in [0.1, 0.15) is 17.3 Å². The summed E-state index contributed by atoms with van der Waals surface area (Å²) in [5.74, 6) is -0.444. The molecule has 0 aliphatic carbocycles. The highest BCUT2D eigenvalue weighted by Gasteiger charge is 2.11. The fraction of sp³-hybridized carbons (Fsp3) is 0.364. The maximum Gasteiger partial charge on any atom is 0.339 e. The van der Waals surface area contributed by atoms with Crippen LogP contribution >= 0.6 is 11.6 Å². The summed E-state index contributed by atoms with van der Waals surface area (Å²) in [6.45, 7) is 2.49. The molecule has 0 radical (unpaired) electrons. The van der Waals surface area contributed by atoms with Crippen molar-refractivity contribution in [1.29, 1.82) is 0 Å². The van der Waals surface area contributed by atoms with Gasteiger partial charge in [0, 0.05) is 12.2 Å². The molecule has 0 unspecified atom stereocenters. The van der Waals surface area contributed by atoms with Gasteiger partial charge in [0.2, 0.25) is 0 Å². The summed E-state index contributed by atoms with van der Waals surface area (Å²) >= 11 is 5.88. The Morgan fingerprint density at radius 3 is 2.94 bits per heavy atom. The highest BCUT2D eigenvalue weighted by atomic mass is 35.5. The number of anilines is 1. The summed E-state index contributed by atoms with van der Waals surface area (Å²) in [4.78, 5) is 11.5. The Morgan fingerprint density at radius 1 is 1.56 bits per heavy atom. The van der Waals surface area contributed by atoms with Crippen molar-refractivity contribution in [2.24, 2.45) is 0 Å². The normalized spacial score (nSPS) is 9.94. The topological polar surface area (TPSA) is 58.6 Å². The van der Waals surface area contributed by atoms with E-state index in [1.807, 2.05) is 0 Å². The van der Waals surface area contributed by atoms with Gasteiger partial charge in [-0.15, -0.1) is 0 Å². The molecular formula is C11H14ClNO3. The first-order valence-corrected chi connectivity index (χ1v) is 5.38. The van der Waals surface area contributed by atoms with Crippen molar-refractivity contribution in [2.75, 3.05) is 25.1 Å². The zero-order chi connectivity index (χ0) is 12.0. The number of hydrogen-bond donors (Lipinski definition) is 2. The molecule has 4 nitrogen and oxygen atoms in total. The van der Waals surface area contributed by atoms with Gasteiger partial charge in [-0.1, -0.05) is 11.6 Å². The fourth-order valence-corrected chi connectivity index (χ4v) is 1.40. The summed E-state index contributed by atoms with van der Waals surface area (Å²) in [5, 5.41) is 12.0. The third-order valence-corrected chi connectivity index (χ3v) is 2.23. The summed E-state index contributed by atoms with van der Waals surface area (Å²) < 4.78 is 4.87. The number of esters is 1. The molecule has 0 saturated carbocycles. The Labute approximate surface area is 99.2 Å². The minimum absolute atomic E-state index is 0.0252. The molecule has 0 fully saturated rings. The molecular weight excluding hydrogens is 230 g/mol. The molecule has 0 heterocycles. The van der Waals surface area contributed by atoms with Crippen LogP contribution in [-0.2, 0) is 4.74 Å². The van der Waals surface area contributed by atoms with Crippen molar-refractivity contribution in [1.82, 2.24) is 0 Å². The number of hydrogen-bond acceptors (Lipinski definition) is 4. The van der Waals surface area contributed by atoms with Gasteiger partial charge < -0.3 is 15.2 Å². The summed E-state index contributed by atoms with van der Waals surface area (Å²) in [7, 11) is 0. The number of nitrogens with one attached hydrogen (secondary N) is 1. The molecule has 0 aromatic heterocycles. The maximum absolute atomic E-state index is 11.5. The quantitative estimate of drug-likeness (QED) is 0.776. The molecule has 0 bridgehead atoms. The first kappa shape index (κ1) is 12.8. The minimum Gasteiger partial charge on any atom is -0.462 e. The van der Waals surface area contributed by atoms with Gasteiger partial charge in [-0.2, -0.15) is 0 Å². The Kier molecular flexibility index (Phi) is 5.08. The maximum atomic E-state index is 11.5. The number of rotatable bonds is 5. The van der Waals surface area contributed by atoms with Crippen LogP contribution < -0.4 is 5.32 Å². The largest absolute Gasteiger partial charge is 0.462 e. The van der Waals surface area contributed by atoms with Crippen LogP contribution in [0.25, 0.3) is 0 Å². The molecule has 2 N–H and O–H groups in total. The van der Waals surface area contributed by atoms with E-state index in [-0.39, 0.29) is 6.61 Å². The van der Waals surface area contributed by atoms with Crippen molar-refractivity contribution in [3.05, 3.63) is 28.8 Å². The third-order valence-electron chi connectivity index (χ3n) is 1.90. The third kappa shape index (κ3) is 3.40. The molecule has 0 spiro atoms. The van der Waals surface area contributed by atoms with Crippen LogP contribution in [0.15, 0.2) is 18.2 Å². The first-order chi connectivity index (χ1) is 7.69. The predicted molar refractivity (Wildman–Crippen MR) is 63.0 cm³/mol. The summed E-state index contributed by atoms with van der Waals surface area (Å²) in [6.07, 6.45) is 0. The van der Waals surface area contributed by atoms with Gasteiger partial charge in [-0.25, -0.2) is 4.79 Å². The molecule has 16 heavy (non-hydrogen) atoms. The second-order valence-corrected chi connectivity index (χ2v) is 3.47. The van der Waals surface area contributed by atoms with E-state index in [1.54, 1.807) is 25.1 Å². The van der Waals surface area contributed by atoms with Crippen LogP contribution in [0.2, 0.25) is 5.02 Å². The van der Waals surface area contributed by atoms with E-state index in [2.05, 4.69) is 5.32 Å². The lowest BCUT2D eigenvalue weighted by molar-refractivity contribution is 0.0526. The molecule has 5 heteroatoms. The van der Waals surface area contributed by atoms with Gasteiger partial charge in [-0.05, 0) is 25.1 Å². The molecule has 1 aromatic carbocycles. The van der Waals surface area contributed by atoms with E-state index in [1.165, 1.54) is 0 Å². The molecule has 88 valence electrons. The second kappa shape index (κ2) is 6.35. The first-order valence-electron chi connectivity index (χ1n) is 5.00. The van der Waals surface area contributed by atoms with Gasteiger partial charge in [0.15, 0.2) is 0 Å². The number of carbonyl (C=O) groups excluding carboxylic acids is 1. The Morgan fingerprint density at radius 2 is 2.31 bits per heavy atom. The van der Waals surface area contributed by atoms with Gasteiger partial charge >= 0.3 is 5.97 Å². The van der Waals surface area contributed by atoms with Crippen molar-refractivity contribution in [3.8, 4) is 0 Å². The zero-order valence-corrected chi connectivity index (χ0v) is 9.75. The van der Waals surface area contributed by atoms with Crippen LogP contribution in [0.3, 0.4) is 0 Å². The number of halogens is 1. The van der Waals surface area contributed by atoms with E-state index in [9.17, 15) is 4.79 Å². The monoisotopic (exact) mass is 243 g/mol. The van der Waals surface area contributed by atoms with Gasteiger partial charge in [-0.3, -0.25) is 0 Å². The molecule has 0 saturated heterocycles. The predicted octanol–water partition coefficient (Wildman–Crippen LogP) is 1.92. The van der Waals surface area contributed by atoms with E-state index >= 15 is 0 Å². The van der Waals surface area contributed by atoms with E-state index in [0.717, 1.165) is 5.69 Å². The molecule has 0 amide bonds. The van der Waals surface area contributed by atoms with Crippen LogP contribution in [-0.4, -0.2) is 30.8 Å². The number of carbonyl (C=O) groups is 1. The Hall–Kier alpha value is -1.26. The van der Waals surface area contributed by atoms with Crippen LogP contribution in [0, 0.1) is 0 Å². The van der Waals surface area contributed by atoms with Crippen molar-refractivity contribution >= 4 is 23.3 Å². The lowest BCUT2D eigenvalue weighted by Gasteiger charge is -2.08. The highest BCUT2D eigenvalue weighted by Crippen LogP contribution is 2.21. The smallest absolute Gasteiger partial charge is 0.339 e. The number of ether oxygens (including phenoxy) is 1. The van der Waals surface area contributed by atoms with E-state index in [4.69, 9.17) is 21.4 Å². The standard InChI is InChI=1S/C11H14ClNO3/c1-2-16-11(15)9-7-8(13-5-6-14)3-4-10(9)12/h3-4,7,13-14H,2,5-6H2,1H3. The fourth-order valence-electron chi connectivity index (χ4n) is 1.20. The Bertz CT molecular complexity index is 368. The number of aliphatic hydroxyl groups is 1. The minimum atomic E-state index is -0.444. The van der Waals surface area contributed by atoms with Gasteiger partial charge in [0.25, 0.3) is 0 Å². The average molecular weight is 244 g/mol. The van der Waals surface area contributed by atoms with Crippen LogP contribution in [0.5, 0.6) is 0 Å². The number of aliphatic hydroxyl groups excluding tert-OH is 1. The van der Waals surface area contributed by atoms with E-state index < -0.39 is 5.97 Å². The molecule has 0 aliphatic heterocycles. The van der Waals surface area contributed by atoms with Crippen LogP contribution in [0.4, 0.5) is 5.69 Å². The molecule has 1 aromatic rings. The van der Waals surface area contributed by atoms with Crippen molar-refractivity contribution in [2.45, 2.75) is 6.92 Å². The zero-order valence-electron chi connectivity index (χ0n) is 9.00. The molecule has 0 atom stereocenters.